The summed E-state index contributed by atoms with van der Waals surface area (Å²) in [6.45, 7) is 8.54. The van der Waals surface area contributed by atoms with Crippen molar-refractivity contribution in [3.63, 3.8) is 0 Å². The minimum Gasteiger partial charge on any atom is -0.385 e. The van der Waals surface area contributed by atoms with E-state index in [0.717, 1.165) is 19.6 Å². The molecule has 0 aromatic heterocycles. The lowest BCUT2D eigenvalue weighted by atomic mass is 9.98. The zero-order chi connectivity index (χ0) is 12.9. The Kier molecular flexibility index (Phi) is 5.42. The van der Waals surface area contributed by atoms with Gasteiger partial charge in [0, 0.05) is 33.4 Å². The van der Waals surface area contributed by atoms with Crippen molar-refractivity contribution in [3.05, 3.63) is 0 Å². The van der Waals surface area contributed by atoms with Gasteiger partial charge in [-0.1, -0.05) is 0 Å². The van der Waals surface area contributed by atoms with Crippen LogP contribution in [0.1, 0.15) is 46.5 Å². The van der Waals surface area contributed by atoms with Crippen LogP contribution in [0.4, 0.5) is 0 Å². The fourth-order valence-corrected chi connectivity index (χ4v) is 2.29. The van der Waals surface area contributed by atoms with Crippen LogP contribution in [0, 0.1) is 5.41 Å². The van der Waals surface area contributed by atoms with E-state index in [9.17, 15) is 0 Å². The normalized spacial score (nSPS) is 20.3. The second-order valence-electron chi connectivity index (χ2n) is 6.19. The second kappa shape index (κ2) is 6.17. The SMILES string of the molecule is COCCC1(CNC(C)CC(C)(C)OC)CC1. The van der Waals surface area contributed by atoms with E-state index in [2.05, 4.69) is 26.1 Å². The molecule has 1 aliphatic rings. The van der Waals surface area contributed by atoms with E-state index < -0.39 is 0 Å². The number of methoxy groups -OCH3 is 2. The number of hydrogen-bond acceptors (Lipinski definition) is 3. The molecule has 1 N–H and O–H groups in total. The molecule has 0 saturated heterocycles. The smallest absolute Gasteiger partial charge is 0.0637 e. The Balaban J connectivity index is 2.21. The average Bonchev–Trinajstić information content (AvgIpc) is 3.04. The topological polar surface area (TPSA) is 30.5 Å². The molecule has 0 bridgehead atoms. The molecular formula is C14H29NO2. The van der Waals surface area contributed by atoms with Gasteiger partial charge in [0.1, 0.15) is 0 Å². The van der Waals surface area contributed by atoms with Gasteiger partial charge in [-0.3, -0.25) is 0 Å². The van der Waals surface area contributed by atoms with Gasteiger partial charge in [-0.25, -0.2) is 0 Å². The third kappa shape index (κ3) is 5.36. The summed E-state index contributed by atoms with van der Waals surface area (Å²) in [5.74, 6) is 0. The first kappa shape index (κ1) is 14.9. The van der Waals surface area contributed by atoms with Crippen LogP contribution < -0.4 is 5.32 Å². The lowest BCUT2D eigenvalue weighted by Crippen LogP contribution is -2.38. The number of hydrogen-bond donors (Lipinski definition) is 1. The standard InChI is InChI=1S/C14H29NO2/c1-12(10-13(2,3)17-5)15-11-14(6-7-14)8-9-16-4/h12,15H,6-11H2,1-5H3. The van der Waals surface area contributed by atoms with Gasteiger partial charge in [-0.15, -0.1) is 0 Å². The van der Waals surface area contributed by atoms with Gasteiger partial charge < -0.3 is 14.8 Å². The maximum absolute atomic E-state index is 5.46. The van der Waals surface area contributed by atoms with Gasteiger partial charge in [0.2, 0.25) is 0 Å². The van der Waals surface area contributed by atoms with E-state index in [4.69, 9.17) is 9.47 Å². The summed E-state index contributed by atoms with van der Waals surface area (Å²) >= 11 is 0. The fraction of sp³-hybridized carbons (Fsp3) is 1.00. The summed E-state index contributed by atoms with van der Waals surface area (Å²) < 4.78 is 10.6. The van der Waals surface area contributed by atoms with Crippen LogP contribution in [0.2, 0.25) is 0 Å². The predicted molar refractivity (Wildman–Crippen MR) is 71.3 cm³/mol. The molecule has 17 heavy (non-hydrogen) atoms. The predicted octanol–water partition coefficient (Wildman–Crippen LogP) is 2.60. The largest absolute Gasteiger partial charge is 0.385 e. The number of rotatable bonds is 9. The van der Waals surface area contributed by atoms with Gasteiger partial charge in [0.25, 0.3) is 0 Å². The molecule has 0 amide bonds. The Hall–Kier alpha value is -0.120. The van der Waals surface area contributed by atoms with E-state index in [1.54, 1.807) is 14.2 Å². The summed E-state index contributed by atoms with van der Waals surface area (Å²) in [6.07, 6.45) is 4.94. The van der Waals surface area contributed by atoms with Crippen molar-refractivity contribution in [3.8, 4) is 0 Å². The summed E-state index contributed by atoms with van der Waals surface area (Å²) in [7, 11) is 3.57. The molecule has 0 spiro atoms. The van der Waals surface area contributed by atoms with Crippen LogP contribution in [0.5, 0.6) is 0 Å². The van der Waals surface area contributed by atoms with E-state index in [1.165, 1.54) is 19.3 Å². The van der Waals surface area contributed by atoms with Crippen LogP contribution in [0.15, 0.2) is 0 Å². The van der Waals surface area contributed by atoms with Gasteiger partial charge >= 0.3 is 0 Å². The first-order valence-corrected chi connectivity index (χ1v) is 6.70. The Morgan fingerprint density at radius 2 is 1.94 bits per heavy atom. The molecule has 1 fully saturated rings. The first-order valence-electron chi connectivity index (χ1n) is 6.70. The van der Waals surface area contributed by atoms with Gasteiger partial charge in [-0.05, 0) is 51.9 Å². The molecule has 3 nitrogen and oxygen atoms in total. The zero-order valence-electron chi connectivity index (χ0n) is 12.1. The van der Waals surface area contributed by atoms with Crippen LogP contribution >= 0.6 is 0 Å². The van der Waals surface area contributed by atoms with E-state index in [0.29, 0.717) is 11.5 Å². The van der Waals surface area contributed by atoms with E-state index in [-0.39, 0.29) is 5.60 Å². The van der Waals surface area contributed by atoms with Crippen molar-refractivity contribution in [1.29, 1.82) is 0 Å². The van der Waals surface area contributed by atoms with E-state index >= 15 is 0 Å². The second-order valence-corrected chi connectivity index (χ2v) is 6.19. The van der Waals surface area contributed by atoms with Crippen molar-refractivity contribution < 1.29 is 9.47 Å². The average molecular weight is 243 g/mol. The molecule has 0 aliphatic heterocycles. The molecule has 1 saturated carbocycles. The van der Waals surface area contributed by atoms with Crippen molar-refractivity contribution >= 4 is 0 Å². The van der Waals surface area contributed by atoms with Gasteiger partial charge in [0.05, 0.1) is 5.60 Å². The summed E-state index contributed by atoms with van der Waals surface area (Å²) in [6, 6.07) is 0.505. The third-order valence-corrected chi connectivity index (χ3v) is 3.97. The molecule has 1 atom stereocenters. The van der Waals surface area contributed by atoms with Crippen LogP contribution in [-0.2, 0) is 9.47 Å². The molecule has 0 heterocycles. The molecule has 1 rings (SSSR count). The quantitative estimate of drug-likeness (QED) is 0.675. The first-order chi connectivity index (χ1) is 7.93. The Morgan fingerprint density at radius 3 is 2.41 bits per heavy atom. The Morgan fingerprint density at radius 1 is 1.29 bits per heavy atom. The highest BCUT2D eigenvalue weighted by Crippen LogP contribution is 2.48. The summed E-state index contributed by atoms with van der Waals surface area (Å²) in [5.41, 5.74) is 0.497. The molecule has 0 aromatic carbocycles. The van der Waals surface area contributed by atoms with Crippen LogP contribution in [0.25, 0.3) is 0 Å². The molecule has 1 aliphatic carbocycles. The Labute approximate surface area is 106 Å². The highest BCUT2D eigenvalue weighted by molar-refractivity contribution is 4.95. The number of nitrogens with one attached hydrogen (secondary N) is 1. The minimum atomic E-state index is -0.0321. The highest BCUT2D eigenvalue weighted by atomic mass is 16.5. The van der Waals surface area contributed by atoms with Gasteiger partial charge in [-0.2, -0.15) is 0 Å². The molecular weight excluding hydrogens is 214 g/mol. The minimum absolute atomic E-state index is 0.0321. The molecule has 0 aromatic rings. The van der Waals surface area contributed by atoms with E-state index in [1.807, 2.05) is 0 Å². The van der Waals surface area contributed by atoms with Gasteiger partial charge in [0.15, 0.2) is 0 Å². The summed E-state index contributed by atoms with van der Waals surface area (Å²) in [4.78, 5) is 0. The van der Waals surface area contributed by atoms with Crippen molar-refractivity contribution in [2.45, 2.75) is 58.1 Å². The molecule has 0 radical (unpaired) electrons. The molecule has 1 unspecified atom stereocenters. The lowest BCUT2D eigenvalue weighted by Gasteiger charge is -2.28. The monoisotopic (exact) mass is 243 g/mol. The van der Waals surface area contributed by atoms with Crippen molar-refractivity contribution in [1.82, 2.24) is 5.32 Å². The van der Waals surface area contributed by atoms with Crippen LogP contribution in [0.3, 0.4) is 0 Å². The third-order valence-electron chi connectivity index (χ3n) is 3.97. The maximum atomic E-state index is 5.46. The van der Waals surface area contributed by atoms with Crippen molar-refractivity contribution in [2.24, 2.45) is 5.41 Å². The summed E-state index contributed by atoms with van der Waals surface area (Å²) in [5, 5.41) is 3.65. The molecule has 102 valence electrons. The molecule has 3 heteroatoms. The maximum Gasteiger partial charge on any atom is 0.0637 e. The highest BCUT2D eigenvalue weighted by Gasteiger charge is 2.41. The zero-order valence-corrected chi connectivity index (χ0v) is 12.1. The Bertz CT molecular complexity index is 224. The van der Waals surface area contributed by atoms with Crippen LogP contribution in [-0.4, -0.2) is 39.0 Å². The lowest BCUT2D eigenvalue weighted by molar-refractivity contribution is 0.00807. The van der Waals surface area contributed by atoms with Crippen molar-refractivity contribution in [2.75, 3.05) is 27.4 Å². The fourth-order valence-electron chi connectivity index (χ4n) is 2.29. The number of ether oxygens (including phenoxy) is 2.